The molecular weight excluding hydrogens is 198 g/mol. The van der Waals surface area contributed by atoms with Crippen molar-refractivity contribution in [2.24, 2.45) is 5.92 Å². The van der Waals surface area contributed by atoms with Gasteiger partial charge in [0.15, 0.2) is 0 Å². The van der Waals surface area contributed by atoms with E-state index >= 15 is 0 Å². The van der Waals surface area contributed by atoms with Crippen molar-refractivity contribution in [1.29, 1.82) is 0 Å². The van der Waals surface area contributed by atoms with Gasteiger partial charge < -0.3 is 4.90 Å². The van der Waals surface area contributed by atoms with Gasteiger partial charge in [-0.05, 0) is 32.0 Å². The van der Waals surface area contributed by atoms with E-state index < -0.39 is 8.07 Å². The molecule has 2 rings (SSSR count). The molecule has 0 N–H and O–H groups in total. The van der Waals surface area contributed by atoms with Gasteiger partial charge in [0.1, 0.15) is 0 Å². The van der Waals surface area contributed by atoms with E-state index in [4.69, 9.17) is 0 Å². The highest BCUT2D eigenvalue weighted by Gasteiger charge is 2.48. The fourth-order valence-electron chi connectivity index (χ4n) is 3.80. The molecular formula is C13H27NSi. The maximum Gasteiger partial charge on any atom is 0.0706 e. The Morgan fingerprint density at radius 2 is 1.67 bits per heavy atom. The van der Waals surface area contributed by atoms with E-state index in [0.717, 1.165) is 18.0 Å². The fourth-order valence-corrected chi connectivity index (χ4v) is 9.87. The van der Waals surface area contributed by atoms with E-state index in [1.807, 2.05) is 0 Å². The van der Waals surface area contributed by atoms with Crippen LogP contribution in [0.15, 0.2) is 0 Å². The minimum Gasteiger partial charge on any atom is -0.301 e. The lowest BCUT2D eigenvalue weighted by atomic mass is 10.0. The van der Waals surface area contributed by atoms with Crippen LogP contribution in [0, 0.1) is 5.92 Å². The van der Waals surface area contributed by atoms with E-state index in [1.165, 1.54) is 6.17 Å². The molecule has 2 heterocycles. The van der Waals surface area contributed by atoms with Crippen LogP contribution in [0.5, 0.6) is 0 Å². The van der Waals surface area contributed by atoms with Crippen LogP contribution < -0.4 is 0 Å². The highest BCUT2D eigenvalue weighted by Crippen LogP contribution is 2.43. The summed E-state index contributed by atoms with van der Waals surface area (Å²) in [5.41, 5.74) is 0. The summed E-state index contributed by atoms with van der Waals surface area (Å²) in [6.07, 6.45) is 4.61. The molecule has 0 amide bonds. The molecule has 0 bridgehead atoms. The SMILES string of the molecule is CC(C)C1C[Si]2(CCCC2)CN1C(C)C. The van der Waals surface area contributed by atoms with Gasteiger partial charge in [0.25, 0.3) is 0 Å². The van der Waals surface area contributed by atoms with E-state index in [0.29, 0.717) is 0 Å². The van der Waals surface area contributed by atoms with Crippen LogP contribution in [0.1, 0.15) is 40.5 Å². The lowest BCUT2D eigenvalue weighted by Gasteiger charge is -2.31. The van der Waals surface area contributed by atoms with Gasteiger partial charge in [-0.25, -0.2) is 0 Å². The van der Waals surface area contributed by atoms with Crippen molar-refractivity contribution in [2.75, 3.05) is 6.17 Å². The van der Waals surface area contributed by atoms with Gasteiger partial charge in [-0.1, -0.05) is 38.8 Å². The normalized spacial score (nSPS) is 31.2. The minimum atomic E-state index is -0.795. The second kappa shape index (κ2) is 4.21. The van der Waals surface area contributed by atoms with Crippen molar-refractivity contribution in [3.8, 4) is 0 Å². The first-order valence-corrected chi connectivity index (χ1v) is 9.63. The Morgan fingerprint density at radius 3 is 2.07 bits per heavy atom. The molecule has 2 aliphatic heterocycles. The van der Waals surface area contributed by atoms with E-state index in [-0.39, 0.29) is 0 Å². The second-order valence-electron chi connectivity index (χ2n) is 6.49. The van der Waals surface area contributed by atoms with E-state index in [2.05, 4.69) is 32.6 Å². The molecule has 2 saturated heterocycles. The smallest absolute Gasteiger partial charge is 0.0706 e. The zero-order valence-corrected chi connectivity index (χ0v) is 11.9. The quantitative estimate of drug-likeness (QED) is 0.650. The van der Waals surface area contributed by atoms with Crippen LogP contribution in [-0.4, -0.2) is 31.2 Å². The summed E-state index contributed by atoms with van der Waals surface area (Å²) in [6, 6.07) is 6.57. The highest BCUT2D eigenvalue weighted by atomic mass is 28.3. The third-order valence-electron chi connectivity index (χ3n) is 4.68. The largest absolute Gasteiger partial charge is 0.301 e. The highest BCUT2D eigenvalue weighted by molar-refractivity contribution is 6.81. The standard InChI is InChI=1S/C13H27NSi/c1-11(2)13-9-15(7-5-6-8-15)10-14(13)12(3)4/h11-13H,5-10H2,1-4H3. The summed E-state index contributed by atoms with van der Waals surface area (Å²) < 4.78 is 0. The second-order valence-corrected chi connectivity index (χ2v) is 11.2. The first kappa shape index (κ1) is 11.7. The Kier molecular flexibility index (Phi) is 3.27. The maximum atomic E-state index is 2.84. The summed E-state index contributed by atoms with van der Waals surface area (Å²) >= 11 is 0. The Balaban J connectivity index is 2.11. The van der Waals surface area contributed by atoms with E-state index in [9.17, 15) is 0 Å². The average molecular weight is 225 g/mol. The molecule has 0 saturated carbocycles. The molecule has 2 heteroatoms. The summed E-state index contributed by atoms with van der Waals surface area (Å²) in [5, 5.41) is 0. The van der Waals surface area contributed by atoms with Gasteiger partial charge in [0, 0.05) is 12.1 Å². The van der Waals surface area contributed by atoms with Crippen LogP contribution in [0.25, 0.3) is 0 Å². The van der Waals surface area contributed by atoms with Crippen LogP contribution in [0.3, 0.4) is 0 Å². The third kappa shape index (κ3) is 2.16. The maximum absolute atomic E-state index is 2.84. The van der Waals surface area contributed by atoms with Crippen molar-refractivity contribution in [2.45, 2.75) is 70.8 Å². The zero-order chi connectivity index (χ0) is 11.1. The van der Waals surface area contributed by atoms with Gasteiger partial charge >= 0.3 is 0 Å². The molecule has 0 aromatic rings. The number of hydrogen-bond donors (Lipinski definition) is 0. The lowest BCUT2D eigenvalue weighted by Crippen LogP contribution is -2.40. The molecule has 15 heavy (non-hydrogen) atoms. The van der Waals surface area contributed by atoms with E-state index in [1.54, 1.807) is 31.0 Å². The molecule has 0 aromatic carbocycles. The molecule has 2 aliphatic rings. The summed E-state index contributed by atoms with van der Waals surface area (Å²) in [7, 11) is -0.795. The predicted molar refractivity (Wildman–Crippen MR) is 69.9 cm³/mol. The molecule has 88 valence electrons. The van der Waals surface area contributed by atoms with Gasteiger partial charge in [-0.2, -0.15) is 0 Å². The Hall–Kier alpha value is 0.177. The fraction of sp³-hybridized carbons (Fsp3) is 1.00. The van der Waals surface area contributed by atoms with Crippen LogP contribution in [0.4, 0.5) is 0 Å². The van der Waals surface area contributed by atoms with Crippen molar-refractivity contribution >= 4 is 8.07 Å². The molecule has 1 atom stereocenters. The number of nitrogens with zero attached hydrogens (tertiary/aromatic N) is 1. The van der Waals surface area contributed by atoms with Gasteiger partial charge in [-0.3, -0.25) is 0 Å². The Morgan fingerprint density at radius 1 is 1.07 bits per heavy atom. The average Bonchev–Trinajstić information content (AvgIpc) is 2.74. The number of rotatable bonds is 2. The van der Waals surface area contributed by atoms with Crippen molar-refractivity contribution in [1.82, 2.24) is 4.90 Å². The summed E-state index contributed by atoms with van der Waals surface area (Å²) in [4.78, 5) is 2.84. The van der Waals surface area contributed by atoms with Crippen LogP contribution >= 0.6 is 0 Å². The summed E-state index contributed by atoms with van der Waals surface area (Å²) in [6.45, 7) is 9.61. The first-order valence-electron chi connectivity index (χ1n) is 6.80. The topological polar surface area (TPSA) is 3.24 Å². The molecule has 0 radical (unpaired) electrons. The van der Waals surface area contributed by atoms with Gasteiger partial charge in [0.05, 0.1) is 8.07 Å². The number of hydrogen-bond acceptors (Lipinski definition) is 1. The van der Waals surface area contributed by atoms with Gasteiger partial charge in [-0.15, -0.1) is 0 Å². The van der Waals surface area contributed by atoms with Crippen LogP contribution in [0.2, 0.25) is 18.1 Å². The van der Waals surface area contributed by atoms with Crippen molar-refractivity contribution in [3.05, 3.63) is 0 Å². The molecule has 1 spiro atoms. The third-order valence-corrected chi connectivity index (χ3v) is 9.83. The lowest BCUT2D eigenvalue weighted by molar-refractivity contribution is 0.173. The van der Waals surface area contributed by atoms with Crippen LogP contribution in [-0.2, 0) is 0 Å². The van der Waals surface area contributed by atoms with Crippen molar-refractivity contribution in [3.63, 3.8) is 0 Å². The van der Waals surface area contributed by atoms with Gasteiger partial charge in [0.2, 0.25) is 0 Å². The Bertz CT molecular complexity index is 201. The zero-order valence-electron chi connectivity index (χ0n) is 10.9. The minimum absolute atomic E-state index is 0.768. The molecule has 1 nitrogen and oxygen atoms in total. The molecule has 1 unspecified atom stereocenters. The Labute approximate surface area is 96.2 Å². The van der Waals surface area contributed by atoms with Crippen molar-refractivity contribution < 1.29 is 0 Å². The molecule has 0 aromatic heterocycles. The predicted octanol–water partition coefficient (Wildman–Crippen LogP) is 3.52. The molecule has 2 fully saturated rings. The first-order chi connectivity index (χ1) is 7.04. The molecule has 0 aliphatic carbocycles. The summed E-state index contributed by atoms with van der Waals surface area (Å²) in [5.74, 6) is 0.861. The monoisotopic (exact) mass is 225 g/mol.